The molecule has 7 nitrogen and oxygen atoms in total. The van der Waals surface area contributed by atoms with Gasteiger partial charge >= 0.3 is 12.1 Å². The highest BCUT2D eigenvalue weighted by Gasteiger charge is 2.29. The lowest BCUT2D eigenvalue weighted by molar-refractivity contribution is 0.0697. The minimum Gasteiger partial charge on any atom is -0.478 e. The zero-order chi connectivity index (χ0) is 20.7. The largest absolute Gasteiger partial charge is 0.478 e. The minimum atomic E-state index is -1.19. The zero-order valence-corrected chi connectivity index (χ0v) is 15.8. The van der Waals surface area contributed by atoms with Crippen LogP contribution in [0.25, 0.3) is 11.1 Å². The average molecular weight is 403 g/mol. The van der Waals surface area contributed by atoms with Crippen molar-refractivity contribution in [3.8, 4) is 22.6 Å². The van der Waals surface area contributed by atoms with E-state index in [0.717, 1.165) is 22.3 Å². The Kier molecular flexibility index (Phi) is 4.28. The monoisotopic (exact) mass is 403 g/mol. The van der Waals surface area contributed by atoms with Gasteiger partial charge in [0.15, 0.2) is 11.5 Å². The number of carbonyl (C=O) groups is 2. The number of carboxylic acids is 1. The number of carbonyl (C=O) groups excluding carboxylic acids is 1. The first-order valence-corrected chi connectivity index (χ1v) is 9.41. The average Bonchev–Trinajstić information content (AvgIpc) is 3.33. The van der Waals surface area contributed by atoms with Gasteiger partial charge in [0.1, 0.15) is 6.61 Å². The van der Waals surface area contributed by atoms with Crippen molar-refractivity contribution in [2.24, 2.45) is 0 Å². The lowest BCUT2D eigenvalue weighted by Gasteiger charge is -2.15. The van der Waals surface area contributed by atoms with Crippen LogP contribution in [0.5, 0.6) is 11.5 Å². The highest BCUT2D eigenvalue weighted by molar-refractivity contribution is 6.00. The number of aromatic carboxylic acids is 1. The molecule has 3 aromatic carbocycles. The van der Waals surface area contributed by atoms with Crippen LogP contribution in [-0.4, -0.2) is 30.6 Å². The van der Waals surface area contributed by atoms with Crippen LogP contribution in [0.15, 0.2) is 60.7 Å². The van der Waals surface area contributed by atoms with Gasteiger partial charge in [-0.25, -0.2) is 9.59 Å². The van der Waals surface area contributed by atoms with Crippen molar-refractivity contribution in [1.82, 2.24) is 0 Å². The van der Waals surface area contributed by atoms with Gasteiger partial charge in [0.25, 0.3) is 0 Å². The topological polar surface area (TPSA) is 94.1 Å². The Bertz CT molecular complexity index is 1130. The number of ether oxygens (including phenoxy) is 3. The van der Waals surface area contributed by atoms with E-state index < -0.39 is 12.1 Å². The SMILES string of the molecule is O=C(Nc1cc2c(cc1C(=O)O)OCO2)OCC1c2ccccc2-c2ccccc21. The van der Waals surface area contributed by atoms with Crippen molar-refractivity contribution in [1.29, 1.82) is 0 Å². The number of rotatable bonds is 4. The van der Waals surface area contributed by atoms with Crippen molar-refractivity contribution >= 4 is 17.7 Å². The van der Waals surface area contributed by atoms with Crippen LogP contribution in [0.4, 0.5) is 10.5 Å². The number of amides is 1. The van der Waals surface area contributed by atoms with Crippen LogP contribution in [0.2, 0.25) is 0 Å². The first-order chi connectivity index (χ1) is 14.6. The Morgan fingerprint density at radius 1 is 0.967 bits per heavy atom. The number of anilines is 1. The highest BCUT2D eigenvalue weighted by Crippen LogP contribution is 2.44. The smallest absolute Gasteiger partial charge is 0.411 e. The zero-order valence-electron chi connectivity index (χ0n) is 15.8. The molecule has 30 heavy (non-hydrogen) atoms. The van der Waals surface area contributed by atoms with Gasteiger partial charge in [-0.1, -0.05) is 48.5 Å². The molecule has 0 radical (unpaired) electrons. The van der Waals surface area contributed by atoms with E-state index in [0.29, 0.717) is 11.5 Å². The molecule has 7 heteroatoms. The maximum absolute atomic E-state index is 12.5. The fourth-order valence-corrected chi connectivity index (χ4v) is 3.97. The molecule has 1 heterocycles. The van der Waals surface area contributed by atoms with Crippen LogP contribution in [0, 0.1) is 0 Å². The number of hydrogen-bond donors (Lipinski definition) is 2. The molecule has 0 bridgehead atoms. The quantitative estimate of drug-likeness (QED) is 0.667. The molecule has 0 fully saturated rings. The normalized spacial score (nSPS) is 13.5. The van der Waals surface area contributed by atoms with E-state index in [-0.39, 0.29) is 30.6 Å². The second-order valence-corrected chi connectivity index (χ2v) is 7.01. The number of fused-ring (bicyclic) bond motifs is 4. The molecule has 5 rings (SSSR count). The summed E-state index contributed by atoms with van der Waals surface area (Å²) >= 11 is 0. The van der Waals surface area contributed by atoms with Crippen LogP contribution < -0.4 is 14.8 Å². The fourth-order valence-electron chi connectivity index (χ4n) is 3.97. The highest BCUT2D eigenvalue weighted by atomic mass is 16.7. The van der Waals surface area contributed by atoms with E-state index in [1.54, 1.807) is 0 Å². The Labute approximate surface area is 171 Å². The summed E-state index contributed by atoms with van der Waals surface area (Å²) in [6, 6.07) is 18.8. The van der Waals surface area contributed by atoms with Crippen molar-refractivity contribution in [2.75, 3.05) is 18.7 Å². The predicted molar refractivity (Wildman–Crippen MR) is 108 cm³/mol. The van der Waals surface area contributed by atoms with E-state index in [1.807, 2.05) is 36.4 Å². The van der Waals surface area contributed by atoms with Crippen LogP contribution >= 0.6 is 0 Å². The molecule has 0 saturated carbocycles. The minimum absolute atomic E-state index is 0.00277. The van der Waals surface area contributed by atoms with Crippen molar-refractivity contribution in [2.45, 2.75) is 5.92 Å². The molecule has 0 aromatic heterocycles. The summed E-state index contributed by atoms with van der Waals surface area (Å²) in [5.74, 6) is -0.583. The summed E-state index contributed by atoms with van der Waals surface area (Å²) < 4.78 is 16.0. The molecule has 1 aliphatic carbocycles. The summed E-state index contributed by atoms with van der Waals surface area (Å²) in [5.41, 5.74) is 4.44. The predicted octanol–water partition coefficient (Wildman–Crippen LogP) is 4.47. The first kappa shape index (κ1) is 18.1. The van der Waals surface area contributed by atoms with Gasteiger partial charge < -0.3 is 19.3 Å². The van der Waals surface area contributed by atoms with E-state index in [9.17, 15) is 14.7 Å². The molecule has 0 spiro atoms. The Morgan fingerprint density at radius 2 is 1.57 bits per heavy atom. The maximum atomic E-state index is 12.5. The number of hydrogen-bond acceptors (Lipinski definition) is 5. The molecular formula is C23H17NO6. The molecule has 1 aliphatic heterocycles. The molecule has 2 N–H and O–H groups in total. The van der Waals surface area contributed by atoms with Gasteiger partial charge in [0, 0.05) is 18.1 Å². The van der Waals surface area contributed by atoms with Crippen molar-refractivity contribution in [3.63, 3.8) is 0 Å². The van der Waals surface area contributed by atoms with Crippen molar-refractivity contribution in [3.05, 3.63) is 77.4 Å². The fraction of sp³-hybridized carbons (Fsp3) is 0.130. The number of carboxylic acid groups (broad SMARTS) is 1. The van der Waals surface area contributed by atoms with Crippen LogP contribution in [0.1, 0.15) is 27.4 Å². The molecule has 150 valence electrons. The van der Waals surface area contributed by atoms with E-state index in [4.69, 9.17) is 14.2 Å². The molecule has 1 amide bonds. The van der Waals surface area contributed by atoms with Gasteiger partial charge in [-0.15, -0.1) is 0 Å². The lowest BCUT2D eigenvalue weighted by atomic mass is 9.98. The van der Waals surface area contributed by atoms with Gasteiger partial charge in [-0.2, -0.15) is 0 Å². The van der Waals surface area contributed by atoms with Gasteiger partial charge in [0.2, 0.25) is 6.79 Å². The van der Waals surface area contributed by atoms with E-state index >= 15 is 0 Å². The van der Waals surface area contributed by atoms with Crippen LogP contribution in [-0.2, 0) is 4.74 Å². The number of nitrogens with one attached hydrogen (secondary N) is 1. The summed E-state index contributed by atoms with van der Waals surface area (Å²) in [7, 11) is 0. The third-order valence-corrected chi connectivity index (χ3v) is 5.32. The molecule has 3 aromatic rings. The standard InChI is InChI=1S/C23H17NO6/c25-22(26)17-9-20-21(30-12-29-20)10-19(17)24-23(27)28-11-18-15-7-3-1-5-13(15)14-6-2-4-8-16(14)18/h1-10,18H,11-12H2,(H,24,27)(H,25,26). The Morgan fingerprint density at radius 3 is 2.20 bits per heavy atom. The third kappa shape index (κ3) is 3.00. The summed E-state index contributed by atoms with van der Waals surface area (Å²) in [6.07, 6.45) is -0.738. The van der Waals surface area contributed by atoms with Gasteiger partial charge in [-0.3, -0.25) is 5.32 Å². The molecule has 0 unspecified atom stereocenters. The van der Waals surface area contributed by atoms with Crippen molar-refractivity contribution < 1.29 is 28.9 Å². The molecular weight excluding hydrogens is 386 g/mol. The third-order valence-electron chi connectivity index (χ3n) is 5.32. The Balaban J connectivity index is 1.35. The van der Waals surface area contributed by atoms with Crippen LogP contribution in [0.3, 0.4) is 0 Å². The van der Waals surface area contributed by atoms with E-state index in [2.05, 4.69) is 17.4 Å². The second-order valence-electron chi connectivity index (χ2n) is 7.01. The molecule has 2 aliphatic rings. The maximum Gasteiger partial charge on any atom is 0.411 e. The molecule has 0 saturated heterocycles. The summed E-state index contributed by atoms with van der Waals surface area (Å²) in [4.78, 5) is 24.0. The second kappa shape index (κ2) is 7.11. The Hall–Kier alpha value is -4.00. The molecule has 0 atom stereocenters. The van der Waals surface area contributed by atoms with Gasteiger partial charge in [0.05, 0.1) is 11.3 Å². The lowest BCUT2D eigenvalue weighted by Crippen LogP contribution is -2.19. The van der Waals surface area contributed by atoms with Gasteiger partial charge in [-0.05, 0) is 22.3 Å². The number of benzene rings is 3. The first-order valence-electron chi connectivity index (χ1n) is 9.41. The van der Waals surface area contributed by atoms with E-state index in [1.165, 1.54) is 12.1 Å². The summed E-state index contributed by atoms with van der Waals surface area (Å²) in [6.45, 7) is 0.135. The summed E-state index contributed by atoms with van der Waals surface area (Å²) in [5, 5.41) is 12.0.